The van der Waals surface area contributed by atoms with Crippen molar-refractivity contribution in [2.24, 2.45) is 0 Å². The van der Waals surface area contributed by atoms with Crippen LogP contribution in [0.25, 0.3) is 0 Å². The number of nitrogens with zero attached hydrogens (tertiary/aromatic N) is 2. The minimum absolute atomic E-state index is 0.201. The molecule has 0 aromatic carbocycles. The molecule has 0 aliphatic carbocycles. The molecule has 0 spiro atoms. The maximum Gasteiger partial charge on any atom is 0.334 e. The molecule has 1 amide bonds. The maximum absolute atomic E-state index is 11.1. The minimum Gasteiger partial charge on any atom is -0.323 e. The molecule has 0 aromatic heterocycles. The van der Waals surface area contributed by atoms with E-state index in [4.69, 9.17) is 5.26 Å². The highest BCUT2D eigenvalue weighted by molar-refractivity contribution is 5.79. The molecule has 78 valence electrons. The Morgan fingerprint density at radius 2 is 1.86 bits per heavy atom. The van der Waals surface area contributed by atoms with Gasteiger partial charge in [0.1, 0.15) is 0 Å². The number of nitriles is 1. The molecule has 0 bridgehead atoms. The molecular formula is C9H14N2O3. The van der Waals surface area contributed by atoms with Crippen LogP contribution in [0.15, 0.2) is 0 Å². The van der Waals surface area contributed by atoms with Crippen LogP contribution >= 0.6 is 0 Å². The molecule has 0 N–H and O–H groups in total. The quantitative estimate of drug-likeness (QED) is 0.388. The monoisotopic (exact) mass is 198 g/mol. The lowest BCUT2D eigenvalue weighted by Crippen LogP contribution is -2.28. The summed E-state index contributed by atoms with van der Waals surface area (Å²) in [5.74, 6) is -1.04. The second-order valence-corrected chi connectivity index (χ2v) is 2.75. The van der Waals surface area contributed by atoms with Crippen molar-refractivity contribution in [1.82, 2.24) is 5.06 Å². The van der Waals surface area contributed by atoms with Crippen molar-refractivity contribution >= 4 is 11.9 Å². The van der Waals surface area contributed by atoms with Gasteiger partial charge in [-0.05, 0) is 12.8 Å². The van der Waals surface area contributed by atoms with Crippen molar-refractivity contribution in [1.29, 1.82) is 5.26 Å². The zero-order valence-electron chi connectivity index (χ0n) is 8.45. The average molecular weight is 198 g/mol. The summed E-state index contributed by atoms with van der Waals surface area (Å²) < 4.78 is 0. The van der Waals surface area contributed by atoms with Gasteiger partial charge in [0.25, 0.3) is 5.91 Å². The molecule has 14 heavy (non-hydrogen) atoms. The summed E-state index contributed by atoms with van der Waals surface area (Å²) in [5.41, 5.74) is 0. The van der Waals surface area contributed by atoms with Gasteiger partial charge in [-0.2, -0.15) is 5.26 Å². The summed E-state index contributed by atoms with van der Waals surface area (Å²) >= 11 is 0. The maximum atomic E-state index is 11.1. The van der Waals surface area contributed by atoms with Crippen LogP contribution in [0.2, 0.25) is 0 Å². The second-order valence-electron chi connectivity index (χ2n) is 2.75. The SMILES string of the molecule is CCCC(=O)ON(C#N)C(=O)CCC. The lowest BCUT2D eigenvalue weighted by molar-refractivity contribution is -0.185. The van der Waals surface area contributed by atoms with Crippen molar-refractivity contribution < 1.29 is 14.4 Å². The van der Waals surface area contributed by atoms with Crippen LogP contribution < -0.4 is 0 Å². The summed E-state index contributed by atoms with van der Waals surface area (Å²) in [6, 6.07) is 0. The second kappa shape index (κ2) is 6.89. The highest BCUT2D eigenvalue weighted by Crippen LogP contribution is 2.00. The van der Waals surface area contributed by atoms with Gasteiger partial charge in [-0.3, -0.25) is 4.79 Å². The fraction of sp³-hybridized carbons (Fsp3) is 0.667. The third kappa shape index (κ3) is 4.45. The highest BCUT2D eigenvalue weighted by Gasteiger charge is 2.16. The lowest BCUT2D eigenvalue weighted by Gasteiger charge is -2.11. The van der Waals surface area contributed by atoms with Gasteiger partial charge in [0, 0.05) is 12.8 Å². The van der Waals surface area contributed by atoms with Gasteiger partial charge in [-0.25, -0.2) is 4.79 Å². The summed E-state index contributed by atoms with van der Waals surface area (Å²) in [6.45, 7) is 3.62. The van der Waals surface area contributed by atoms with E-state index in [1.807, 2.05) is 6.92 Å². The van der Waals surface area contributed by atoms with Crippen LogP contribution in [0, 0.1) is 11.5 Å². The normalized spacial score (nSPS) is 8.93. The summed E-state index contributed by atoms with van der Waals surface area (Å²) in [5, 5.41) is 8.96. The van der Waals surface area contributed by atoms with Gasteiger partial charge < -0.3 is 4.84 Å². The summed E-state index contributed by atoms with van der Waals surface area (Å²) in [4.78, 5) is 26.6. The average Bonchev–Trinajstić information content (AvgIpc) is 2.15. The zero-order valence-corrected chi connectivity index (χ0v) is 8.45. The first-order valence-corrected chi connectivity index (χ1v) is 4.59. The van der Waals surface area contributed by atoms with E-state index in [0.29, 0.717) is 17.9 Å². The van der Waals surface area contributed by atoms with Crippen LogP contribution in [0.3, 0.4) is 0 Å². The third-order valence-electron chi connectivity index (χ3n) is 1.43. The molecule has 0 aliphatic heterocycles. The number of rotatable bonds is 4. The molecule has 0 aromatic rings. The van der Waals surface area contributed by atoms with Gasteiger partial charge >= 0.3 is 5.97 Å². The Morgan fingerprint density at radius 1 is 1.29 bits per heavy atom. The molecule has 0 heterocycles. The molecule has 5 nitrogen and oxygen atoms in total. The molecule has 0 aliphatic rings. The van der Waals surface area contributed by atoms with Crippen LogP contribution in [-0.4, -0.2) is 16.9 Å². The van der Waals surface area contributed by atoms with E-state index in [0.717, 1.165) is 0 Å². The first kappa shape index (κ1) is 12.4. The van der Waals surface area contributed by atoms with Crippen LogP contribution in [-0.2, 0) is 14.4 Å². The molecule has 0 fully saturated rings. The molecule has 0 saturated carbocycles. The largest absolute Gasteiger partial charge is 0.334 e. The number of hydrogen-bond donors (Lipinski definition) is 0. The number of hydroxylamine groups is 2. The number of carbonyl (C=O) groups is 2. The Balaban J connectivity index is 4.10. The molecule has 5 heteroatoms. The molecule has 0 rings (SSSR count). The summed E-state index contributed by atoms with van der Waals surface area (Å²) in [7, 11) is 0. The molecule has 0 unspecified atom stereocenters. The fourth-order valence-electron chi connectivity index (χ4n) is 0.794. The van der Waals surface area contributed by atoms with E-state index >= 15 is 0 Å². The zero-order chi connectivity index (χ0) is 11.0. The Morgan fingerprint density at radius 3 is 2.29 bits per heavy atom. The van der Waals surface area contributed by atoms with Crippen molar-refractivity contribution in [3.05, 3.63) is 0 Å². The third-order valence-corrected chi connectivity index (χ3v) is 1.43. The number of carbonyl (C=O) groups excluding carboxylic acids is 2. The van der Waals surface area contributed by atoms with Crippen molar-refractivity contribution in [2.75, 3.05) is 0 Å². The smallest absolute Gasteiger partial charge is 0.323 e. The molecule has 0 atom stereocenters. The first-order valence-electron chi connectivity index (χ1n) is 4.59. The van der Waals surface area contributed by atoms with Gasteiger partial charge in [0.15, 0.2) is 0 Å². The van der Waals surface area contributed by atoms with Gasteiger partial charge in [0.2, 0.25) is 6.19 Å². The Labute approximate surface area is 83.2 Å². The molecular weight excluding hydrogens is 184 g/mol. The van der Waals surface area contributed by atoms with E-state index in [2.05, 4.69) is 4.84 Å². The Kier molecular flexibility index (Phi) is 6.12. The number of amides is 1. The van der Waals surface area contributed by atoms with E-state index in [-0.39, 0.29) is 12.8 Å². The standard InChI is InChI=1S/C9H14N2O3/c1-3-5-8(12)11(7-10)14-9(13)6-4-2/h3-6H2,1-2H3. The van der Waals surface area contributed by atoms with Crippen molar-refractivity contribution in [3.63, 3.8) is 0 Å². The van der Waals surface area contributed by atoms with Gasteiger partial charge in [0.05, 0.1) is 0 Å². The predicted octanol–water partition coefficient (Wildman–Crippen LogP) is 1.35. The Hall–Kier alpha value is -1.57. The van der Waals surface area contributed by atoms with Crippen molar-refractivity contribution in [2.45, 2.75) is 39.5 Å². The first-order chi connectivity index (χ1) is 6.65. The van der Waals surface area contributed by atoms with Gasteiger partial charge in [-0.15, -0.1) is 0 Å². The van der Waals surface area contributed by atoms with Crippen LogP contribution in [0.4, 0.5) is 0 Å². The van der Waals surface area contributed by atoms with E-state index in [1.54, 1.807) is 6.92 Å². The van der Waals surface area contributed by atoms with E-state index in [9.17, 15) is 9.59 Å². The van der Waals surface area contributed by atoms with Crippen molar-refractivity contribution in [3.8, 4) is 6.19 Å². The Bertz CT molecular complexity index is 245. The van der Waals surface area contributed by atoms with Crippen LogP contribution in [0.5, 0.6) is 0 Å². The van der Waals surface area contributed by atoms with Gasteiger partial charge in [-0.1, -0.05) is 18.9 Å². The lowest BCUT2D eigenvalue weighted by atomic mass is 10.3. The number of hydrogen-bond acceptors (Lipinski definition) is 4. The van der Waals surface area contributed by atoms with E-state index < -0.39 is 11.9 Å². The molecule has 0 saturated heterocycles. The minimum atomic E-state index is -0.557. The van der Waals surface area contributed by atoms with E-state index in [1.165, 1.54) is 6.19 Å². The summed E-state index contributed by atoms with van der Waals surface area (Å²) in [6.07, 6.45) is 3.16. The highest BCUT2D eigenvalue weighted by atomic mass is 16.7. The topological polar surface area (TPSA) is 70.4 Å². The predicted molar refractivity (Wildman–Crippen MR) is 48.4 cm³/mol. The fourth-order valence-corrected chi connectivity index (χ4v) is 0.794. The molecule has 0 radical (unpaired) electrons. The van der Waals surface area contributed by atoms with Crippen LogP contribution in [0.1, 0.15) is 39.5 Å².